The normalized spacial score (nSPS) is 18.7. The van der Waals surface area contributed by atoms with Gasteiger partial charge in [0, 0.05) is 6.21 Å². The molecule has 1 aliphatic rings. The second-order valence-electron chi connectivity index (χ2n) is 3.02. The van der Waals surface area contributed by atoms with Crippen LogP contribution in [0, 0.1) is 0 Å². The maximum Gasteiger partial charge on any atom is 0.414 e. The van der Waals surface area contributed by atoms with Crippen molar-refractivity contribution in [3.63, 3.8) is 0 Å². The number of rotatable bonds is 3. The van der Waals surface area contributed by atoms with E-state index >= 15 is 0 Å². The fourth-order valence-corrected chi connectivity index (χ4v) is 1.27. The molecule has 0 radical (unpaired) electrons. The van der Waals surface area contributed by atoms with Crippen LogP contribution in [0.3, 0.4) is 0 Å². The number of hydrogen-bond donors (Lipinski definition) is 4. The van der Waals surface area contributed by atoms with E-state index in [-0.39, 0.29) is 4.90 Å². The van der Waals surface area contributed by atoms with Gasteiger partial charge >= 0.3 is 24.0 Å². The molecule has 0 aromatic heterocycles. The van der Waals surface area contributed by atoms with Crippen LogP contribution in [0.4, 0.5) is 4.79 Å². The summed E-state index contributed by atoms with van der Waals surface area (Å²) in [5.74, 6) is -5.34. The third-order valence-corrected chi connectivity index (χ3v) is 1.95. The molecule has 4 N–H and O–H groups in total. The Morgan fingerprint density at radius 2 is 1.61 bits per heavy atom. The van der Waals surface area contributed by atoms with Crippen LogP contribution < -0.4 is 0 Å². The van der Waals surface area contributed by atoms with Crippen LogP contribution in [0.25, 0.3) is 0 Å². The summed E-state index contributed by atoms with van der Waals surface area (Å²) in [6, 6.07) is 0. The number of carboxylic acids is 3. The zero-order valence-corrected chi connectivity index (χ0v) is 8.47. The van der Waals surface area contributed by atoms with Crippen LogP contribution in [-0.4, -0.2) is 61.7 Å². The first-order valence-electron chi connectivity index (χ1n) is 4.26. The molecule has 0 aromatic rings. The molecule has 1 unspecified atom stereocenters. The van der Waals surface area contributed by atoms with Crippen molar-refractivity contribution in [2.45, 2.75) is 6.17 Å². The minimum atomic E-state index is -2.03. The first kappa shape index (κ1) is 13.2. The second kappa shape index (κ2) is 4.53. The Bertz CT molecular complexity index is 505. The fraction of sp³-hybridized carbons (Fsp3) is 0.125. The molecule has 0 bridgehead atoms. The molecule has 0 saturated heterocycles. The second-order valence-corrected chi connectivity index (χ2v) is 3.02. The Morgan fingerprint density at radius 1 is 1.06 bits per heavy atom. The fourth-order valence-electron chi connectivity index (χ4n) is 1.27. The molecule has 10 heteroatoms. The molecule has 0 aromatic carbocycles. The number of carboxylic acid groups (broad SMARTS) is 4. The largest absolute Gasteiger partial charge is 0.478 e. The summed E-state index contributed by atoms with van der Waals surface area (Å²) in [6.07, 6.45) is -3.46. The standard InChI is InChI=1S/C8H6N2O8/c11-5(12)2-1-9-4(7(15)16)10(8(17)18)3(2)6(13)14/h1,4H,(H,11,12)(H,13,14)(H,15,16)(H,17,18). The van der Waals surface area contributed by atoms with Gasteiger partial charge in [0.25, 0.3) is 0 Å². The number of aliphatic carboxylic acids is 3. The van der Waals surface area contributed by atoms with Crippen LogP contribution in [-0.2, 0) is 14.4 Å². The predicted molar refractivity (Wildman–Crippen MR) is 52.1 cm³/mol. The van der Waals surface area contributed by atoms with Crippen molar-refractivity contribution in [1.29, 1.82) is 0 Å². The van der Waals surface area contributed by atoms with Gasteiger partial charge in [-0.3, -0.25) is 4.99 Å². The highest BCUT2D eigenvalue weighted by atomic mass is 16.4. The molecule has 1 aliphatic heterocycles. The van der Waals surface area contributed by atoms with E-state index < -0.39 is 41.4 Å². The Balaban J connectivity index is 3.47. The minimum absolute atomic E-state index is 0.131. The number of carbonyl (C=O) groups is 4. The third kappa shape index (κ3) is 2.11. The van der Waals surface area contributed by atoms with Crippen LogP contribution in [0.2, 0.25) is 0 Å². The quantitative estimate of drug-likeness (QED) is 0.494. The molecular weight excluding hydrogens is 252 g/mol. The van der Waals surface area contributed by atoms with Crippen molar-refractivity contribution in [1.82, 2.24) is 4.90 Å². The van der Waals surface area contributed by atoms with E-state index in [2.05, 4.69) is 4.99 Å². The van der Waals surface area contributed by atoms with Gasteiger partial charge in [0.2, 0.25) is 6.17 Å². The summed E-state index contributed by atoms with van der Waals surface area (Å²) >= 11 is 0. The average Bonchev–Trinajstić information content (AvgIpc) is 2.26. The molecule has 1 atom stereocenters. The molecule has 0 spiro atoms. The van der Waals surface area contributed by atoms with Gasteiger partial charge in [-0.05, 0) is 0 Å². The maximum atomic E-state index is 10.9. The average molecular weight is 258 g/mol. The number of aliphatic imine (C=N–C) groups is 1. The van der Waals surface area contributed by atoms with E-state index in [1.165, 1.54) is 0 Å². The first-order valence-corrected chi connectivity index (χ1v) is 4.26. The van der Waals surface area contributed by atoms with Crippen LogP contribution in [0.15, 0.2) is 16.3 Å². The van der Waals surface area contributed by atoms with Gasteiger partial charge in [-0.25, -0.2) is 24.1 Å². The molecule has 0 aliphatic carbocycles. The zero-order chi connectivity index (χ0) is 14.0. The van der Waals surface area contributed by atoms with E-state index in [0.717, 1.165) is 0 Å². The minimum Gasteiger partial charge on any atom is -0.478 e. The highest BCUT2D eigenvalue weighted by Crippen LogP contribution is 2.20. The van der Waals surface area contributed by atoms with Gasteiger partial charge < -0.3 is 20.4 Å². The summed E-state index contributed by atoms with van der Waals surface area (Å²) in [5, 5.41) is 35.0. The van der Waals surface area contributed by atoms with Gasteiger partial charge in [0.05, 0.1) is 0 Å². The third-order valence-electron chi connectivity index (χ3n) is 1.95. The van der Waals surface area contributed by atoms with Gasteiger partial charge in [0.1, 0.15) is 5.57 Å². The topological polar surface area (TPSA) is 165 Å². The lowest BCUT2D eigenvalue weighted by atomic mass is 10.1. The maximum absolute atomic E-state index is 10.9. The molecule has 1 heterocycles. The van der Waals surface area contributed by atoms with Crippen LogP contribution in [0.1, 0.15) is 0 Å². The zero-order valence-electron chi connectivity index (χ0n) is 8.47. The van der Waals surface area contributed by atoms with E-state index in [9.17, 15) is 19.2 Å². The van der Waals surface area contributed by atoms with E-state index in [1.807, 2.05) is 0 Å². The molecule has 1 rings (SSSR count). The number of amides is 1. The molecule has 0 saturated carbocycles. The molecular formula is C8H6N2O8. The predicted octanol–water partition coefficient (Wildman–Crippen LogP) is -1.12. The lowest BCUT2D eigenvalue weighted by Gasteiger charge is -2.27. The lowest BCUT2D eigenvalue weighted by molar-refractivity contribution is -0.143. The summed E-state index contributed by atoms with van der Waals surface area (Å²) in [4.78, 5) is 46.2. The van der Waals surface area contributed by atoms with E-state index in [1.54, 1.807) is 0 Å². The molecule has 96 valence electrons. The molecule has 10 nitrogen and oxygen atoms in total. The highest BCUT2D eigenvalue weighted by molar-refractivity contribution is 6.16. The summed E-state index contributed by atoms with van der Waals surface area (Å²) < 4.78 is 0. The Morgan fingerprint density at radius 3 is 1.94 bits per heavy atom. The van der Waals surface area contributed by atoms with Crippen LogP contribution >= 0.6 is 0 Å². The highest BCUT2D eigenvalue weighted by Gasteiger charge is 2.40. The van der Waals surface area contributed by atoms with E-state index in [0.29, 0.717) is 6.21 Å². The van der Waals surface area contributed by atoms with Gasteiger partial charge in [-0.2, -0.15) is 0 Å². The van der Waals surface area contributed by atoms with Crippen molar-refractivity contribution in [2.24, 2.45) is 4.99 Å². The van der Waals surface area contributed by atoms with Crippen molar-refractivity contribution < 1.29 is 39.6 Å². The monoisotopic (exact) mass is 258 g/mol. The lowest BCUT2D eigenvalue weighted by Crippen LogP contribution is -2.47. The Hall–Kier alpha value is -2.91. The van der Waals surface area contributed by atoms with Gasteiger partial charge in [-0.1, -0.05) is 0 Å². The first-order chi connectivity index (χ1) is 8.27. The summed E-state index contributed by atoms with van der Waals surface area (Å²) in [6.45, 7) is 0. The van der Waals surface area contributed by atoms with Crippen molar-refractivity contribution in [3.8, 4) is 0 Å². The molecule has 0 fully saturated rings. The summed E-state index contributed by atoms with van der Waals surface area (Å²) in [5.41, 5.74) is -2.08. The summed E-state index contributed by atoms with van der Waals surface area (Å²) in [7, 11) is 0. The van der Waals surface area contributed by atoms with Crippen molar-refractivity contribution >= 4 is 30.2 Å². The van der Waals surface area contributed by atoms with E-state index in [4.69, 9.17) is 20.4 Å². The molecule has 18 heavy (non-hydrogen) atoms. The Labute approximate surface area is 98.1 Å². The van der Waals surface area contributed by atoms with Gasteiger partial charge in [0.15, 0.2) is 5.70 Å². The van der Waals surface area contributed by atoms with Crippen LogP contribution in [0.5, 0.6) is 0 Å². The number of hydrogen-bond acceptors (Lipinski definition) is 5. The molecule has 1 amide bonds. The smallest absolute Gasteiger partial charge is 0.414 e. The van der Waals surface area contributed by atoms with Crippen molar-refractivity contribution in [2.75, 3.05) is 0 Å². The van der Waals surface area contributed by atoms with Gasteiger partial charge in [-0.15, -0.1) is 0 Å². The Kier molecular flexibility index (Phi) is 3.31. The van der Waals surface area contributed by atoms with Crippen molar-refractivity contribution in [3.05, 3.63) is 11.3 Å². The number of nitrogens with zero attached hydrogens (tertiary/aromatic N) is 2. The SMILES string of the molecule is O=C(O)C1=C(C(=O)O)N(C(=O)O)C(C(=O)O)N=C1.